The molecule has 0 aliphatic rings. The summed E-state index contributed by atoms with van der Waals surface area (Å²) in [7, 11) is 2.92. The van der Waals surface area contributed by atoms with Gasteiger partial charge in [0.2, 0.25) is 0 Å². The standard InChI is InChI=1S/C25H23NO7/c1-30-21-11-7-6-10-19(21)26-24(28)16-32-22-13-12-18(14-23(22)31-2)25(29)33-15-20(27)17-8-4-3-5-9-17/h3-14H,15-16H2,1-2H3,(H,26,28). The van der Waals surface area contributed by atoms with Crippen molar-refractivity contribution in [1.82, 2.24) is 0 Å². The zero-order valence-electron chi connectivity index (χ0n) is 18.2. The Morgan fingerprint density at radius 3 is 2.15 bits per heavy atom. The number of amides is 1. The molecule has 0 aromatic heterocycles. The van der Waals surface area contributed by atoms with E-state index >= 15 is 0 Å². The number of ketones is 1. The van der Waals surface area contributed by atoms with Crippen LogP contribution in [0.25, 0.3) is 0 Å². The molecule has 0 heterocycles. The fourth-order valence-electron chi connectivity index (χ4n) is 2.91. The van der Waals surface area contributed by atoms with Crippen LogP contribution in [0.5, 0.6) is 17.2 Å². The fraction of sp³-hybridized carbons (Fsp3) is 0.160. The van der Waals surface area contributed by atoms with E-state index in [2.05, 4.69) is 5.32 Å². The van der Waals surface area contributed by atoms with Crippen LogP contribution in [0.1, 0.15) is 20.7 Å². The molecule has 170 valence electrons. The van der Waals surface area contributed by atoms with Gasteiger partial charge in [0.15, 0.2) is 30.5 Å². The van der Waals surface area contributed by atoms with Crippen molar-refractivity contribution in [3.05, 3.63) is 83.9 Å². The molecule has 0 saturated carbocycles. The van der Waals surface area contributed by atoms with Gasteiger partial charge >= 0.3 is 5.97 Å². The highest BCUT2D eigenvalue weighted by Gasteiger charge is 2.16. The van der Waals surface area contributed by atoms with Crippen molar-refractivity contribution in [2.75, 3.05) is 32.8 Å². The first-order valence-electron chi connectivity index (χ1n) is 10.0. The second-order valence-corrected chi connectivity index (χ2v) is 6.77. The van der Waals surface area contributed by atoms with E-state index in [4.69, 9.17) is 18.9 Å². The van der Waals surface area contributed by atoms with Crippen molar-refractivity contribution >= 4 is 23.3 Å². The lowest BCUT2D eigenvalue weighted by Crippen LogP contribution is -2.20. The fourth-order valence-corrected chi connectivity index (χ4v) is 2.91. The highest BCUT2D eigenvalue weighted by molar-refractivity contribution is 5.99. The Balaban J connectivity index is 1.58. The summed E-state index contributed by atoms with van der Waals surface area (Å²) in [5, 5.41) is 2.70. The zero-order valence-corrected chi connectivity index (χ0v) is 18.2. The quantitative estimate of drug-likeness (QED) is 0.372. The largest absolute Gasteiger partial charge is 0.495 e. The first-order chi connectivity index (χ1) is 16.0. The first-order valence-corrected chi connectivity index (χ1v) is 10.0. The van der Waals surface area contributed by atoms with Crippen LogP contribution in [0.2, 0.25) is 0 Å². The molecule has 0 unspecified atom stereocenters. The summed E-state index contributed by atoms with van der Waals surface area (Å²) in [6, 6.07) is 19.9. The number of ether oxygens (including phenoxy) is 4. The lowest BCUT2D eigenvalue weighted by atomic mass is 10.1. The minimum atomic E-state index is -0.682. The van der Waals surface area contributed by atoms with Crippen LogP contribution in [0, 0.1) is 0 Å². The number of carbonyl (C=O) groups excluding carboxylic acids is 3. The van der Waals surface area contributed by atoms with Gasteiger partial charge in [-0.3, -0.25) is 9.59 Å². The summed E-state index contributed by atoms with van der Waals surface area (Å²) in [4.78, 5) is 36.7. The van der Waals surface area contributed by atoms with Crippen LogP contribution in [-0.2, 0) is 9.53 Å². The molecule has 1 amide bonds. The van der Waals surface area contributed by atoms with E-state index in [1.165, 1.54) is 32.4 Å². The number of hydrogen-bond donors (Lipinski definition) is 1. The Kier molecular flexibility index (Phi) is 8.02. The van der Waals surface area contributed by atoms with E-state index < -0.39 is 11.9 Å². The molecule has 8 nitrogen and oxygen atoms in total. The maximum atomic E-state index is 12.3. The van der Waals surface area contributed by atoms with Gasteiger partial charge in [-0.05, 0) is 30.3 Å². The third-order valence-corrected chi connectivity index (χ3v) is 4.57. The molecule has 0 atom stereocenters. The number of methoxy groups -OCH3 is 2. The monoisotopic (exact) mass is 449 g/mol. The van der Waals surface area contributed by atoms with Gasteiger partial charge in [-0.1, -0.05) is 42.5 Å². The number of carbonyl (C=O) groups is 3. The van der Waals surface area contributed by atoms with Gasteiger partial charge in [-0.25, -0.2) is 4.79 Å². The molecule has 0 aliphatic carbocycles. The molecule has 3 rings (SSSR count). The Labute approximate surface area is 191 Å². The topological polar surface area (TPSA) is 100 Å². The Hall–Kier alpha value is -4.33. The number of esters is 1. The number of para-hydroxylation sites is 2. The van der Waals surface area contributed by atoms with Gasteiger partial charge in [0.05, 0.1) is 25.5 Å². The SMILES string of the molecule is COc1ccccc1NC(=O)COc1ccc(C(=O)OCC(=O)c2ccccc2)cc1OC. The molecule has 0 aliphatic heterocycles. The first kappa shape index (κ1) is 23.3. The molecule has 0 radical (unpaired) electrons. The van der Waals surface area contributed by atoms with Crippen LogP contribution >= 0.6 is 0 Å². The van der Waals surface area contributed by atoms with Gasteiger partial charge in [-0.15, -0.1) is 0 Å². The van der Waals surface area contributed by atoms with E-state index in [-0.39, 0.29) is 36.1 Å². The van der Waals surface area contributed by atoms with E-state index in [0.717, 1.165) is 0 Å². The van der Waals surface area contributed by atoms with Crippen molar-refractivity contribution in [3.8, 4) is 17.2 Å². The summed E-state index contributed by atoms with van der Waals surface area (Å²) in [6.07, 6.45) is 0. The molecular formula is C25H23NO7. The van der Waals surface area contributed by atoms with Gasteiger partial charge in [0.25, 0.3) is 5.91 Å². The Morgan fingerprint density at radius 2 is 1.42 bits per heavy atom. The smallest absolute Gasteiger partial charge is 0.338 e. The van der Waals surface area contributed by atoms with Crippen LogP contribution in [0.15, 0.2) is 72.8 Å². The summed E-state index contributed by atoms with van der Waals surface area (Å²) in [6.45, 7) is -0.670. The van der Waals surface area contributed by atoms with Gasteiger partial charge < -0.3 is 24.3 Å². The number of hydrogen-bond acceptors (Lipinski definition) is 7. The number of rotatable bonds is 10. The molecule has 1 N–H and O–H groups in total. The highest BCUT2D eigenvalue weighted by Crippen LogP contribution is 2.29. The summed E-state index contributed by atoms with van der Waals surface area (Å²) < 4.78 is 21.1. The normalized spacial score (nSPS) is 10.1. The summed E-state index contributed by atoms with van der Waals surface area (Å²) in [5.41, 5.74) is 1.15. The van der Waals surface area contributed by atoms with Crippen LogP contribution in [0.3, 0.4) is 0 Å². The lowest BCUT2D eigenvalue weighted by Gasteiger charge is -2.13. The van der Waals surface area contributed by atoms with Gasteiger partial charge in [0, 0.05) is 5.56 Å². The predicted octanol–water partition coefficient (Wildman–Crippen LogP) is 3.76. The maximum Gasteiger partial charge on any atom is 0.338 e. The average molecular weight is 449 g/mol. The molecule has 33 heavy (non-hydrogen) atoms. The predicted molar refractivity (Wildman–Crippen MR) is 121 cm³/mol. The molecule has 0 fully saturated rings. The van der Waals surface area contributed by atoms with Crippen molar-refractivity contribution in [3.63, 3.8) is 0 Å². The Bertz CT molecular complexity index is 1130. The number of Topliss-reactive ketones (excluding diaryl/α,β-unsaturated/α-hetero) is 1. The van der Waals surface area contributed by atoms with E-state index in [0.29, 0.717) is 17.0 Å². The third-order valence-electron chi connectivity index (χ3n) is 4.57. The maximum absolute atomic E-state index is 12.3. The zero-order chi connectivity index (χ0) is 23.6. The number of benzene rings is 3. The molecular weight excluding hydrogens is 426 g/mol. The lowest BCUT2D eigenvalue weighted by molar-refractivity contribution is -0.118. The van der Waals surface area contributed by atoms with Crippen molar-refractivity contribution in [1.29, 1.82) is 0 Å². The van der Waals surface area contributed by atoms with Crippen LogP contribution < -0.4 is 19.5 Å². The third kappa shape index (κ3) is 6.33. The highest BCUT2D eigenvalue weighted by atomic mass is 16.5. The molecule has 0 bridgehead atoms. The van der Waals surface area contributed by atoms with Crippen molar-refractivity contribution in [2.45, 2.75) is 0 Å². The van der Waals surface area contributed by atoms with E-state index in [1.807, 2.05) is 0 Å². The van der Waals surface area contributed by atoms with Crippen molar-refractivity contribution < 1.29 is 33.3 Å². The molecule has 0 spiro atoms. The molecule has 3 aromatic carbocycles. The van der Waals surface area contributed by atoms with E-state index in [9.17, 15) is 14.4 Å². The molecule has 0 saturated heterocycles. The second kappa shape index (κ2) is 11.3. The van der Waals surface area contributed by atoms with E-state index in [1.54, 1.807) is 54.6 Å². The minimum Gasteiger partial charge on any atom is -0.495 e. The number of anilines is 1. The second-order valence-electron chi connectivity index (χ2n) is 6.77. The minimum absolute atomic E-state index is 0.179. The summed E-state index contributed by atoms with van der Waals surface area (Å²) in [5.74, 6) is -0.356. The molecule has 3 aromatic rings. The van der Waals surface area contributed by atoms with Crippen LogP contribution in [0.4, 0.5) is 5.69 Å². The molecule has 8 heteroatoms. The average Bonchev–Trinajstić information content (AvgIpc) is 2.86. The summed E-state index contributed by atoms with van der Waals surface area (Å²) >= 11 is 0. The van der Waals surface area contributed by atoms with Crippen molar-refractivity contribution in [2.24, 2.45) is 0 Å². The number of nitrogens with one attached hydrogen (secondary N) is 1. The Morgan fingerprint density at radius 1 is 0.727 bits per heavy atom. The van der Waals surface area contributed by atoms with Gasteiger partial charge in [0.1, 0.15) is 5.75 Å². The van der Waals surface area contributed by atoms with Gasteiger partial charge in [-0.2, -0.15) is 0 Å². The van der Waals surface area contributed by atoms with Crippen LogP contribution in [-0.4, -0.2) is 45.1 Å².